The number of benzene rings is 2. The summed E-state index contributed by atoms with van der Waals surface area (Å²) in [5.41, 5.74) is 7.28. The van der Waals surface area contributed by atoms with Crippen molar-refractivity contribution in [2.45, 2.75) is 31.8 Å². The number of rotatable bonds is 7. The van der Waals surface area contributed by atoms with E-state index in [2.05, 4.69) is 5.32 Å². The Morgan fingerprint density at radius 2 is 1.86 bits per heavy atom. The Morgan fingerprint density at radius 1 is 1.14 bits per heavy atom. The molecule has 0 aliphatic carbocycles. The predicted molar refractivity (Wildman–Crippen MR) is 108 cm³/mol. The second kappa shape index (κ2) is 8.45. The zero-order valence-corrected chi connectivity index (χ0v) is 16.6. The van der Waals surface area contributed by atoms with Gasteiger partial charge in [-0.05, 0) is 55.1 Å². The van der Waals surface area contributed by atoms with Crippen LogP contribution in [0.15, 0.2) is 48.5 Å². The van der Waals surface area contributed by atoms with Gasteiger partial charge in [0.1, 0.15) is 5.54 Å². The van der Waals surface area contributed by atoms with Crippen LogP contribution in [0.1, 0.15) is 40.4 Å². The number of hydrogen-bond donors (Lipinski definition) is 2. The van der Waals surface area contributed by atoms with Crippen molar-refractivity contribution in [3.8, 4) is 0 Å². The molecule has 1 fully saturated rings. The summed E-state index contributed by atoms with van der Waals surface area (Å²) in [5.74, 6) is -0.801. The lowest BCUT2D eigenvalue weighted by atomic mass is 9.90. The Kier molecular flexibility index (Phi) is 5.98. The van der Waals surface area contributed by atoms with E-state index in [0.29, 0.717) is 17.7 Å². The number of carbonyl (C=O) groups excluding carboxylic acids is 3. The third-order valence-electron chi connectivity index (χ3n) is 5.14. The fourth-order valence-electron chi connectivity index (χ4n) is 3.48. The first-order chi connectivity index (χ1) is 13.9. The molecule has 1 aliphatic heterocycles. The summed E-state index contributed by atoms with van der Waals surface area (Å²) in [7, 11) is 1.31. The van der Waals surface area contributed by atoms with Gasteiger partial charge < -0.3 is 15.8 Å². The van der Waals surface area contributed by atoms with Crippen molar-refractivity contribution in [3.05, 3.63) is 70.8 Å². The molecule has 0 spiro atoms. The number of methoxy groups -OCH3 is 1. The predicted octanol–water partition coefficient (Wildman–Crippen LogP) is 2.33. The first-order valence-corrected chi connectivity index (χ1v) is 9.50. The molecule has 0 bridgehead atoms. The van der Waals surface area contributed by atoms with Crippen LogP contribution in [-0.4, -0.2) is 36.5 Å². The van der Waals surface area contributed by atoms with Crippen LogP contribution in [0.4, 0.5) is 4.79 Å². The van der Waals surface area contributed by atoms with Crippen molar-refractivity contribution in [3.63, 3.8) is 0 Å². The molecule has 0 radical (unpaired) electrons. The van der Waals surface area contributed by atoms with E-state index < -0.39 is 17.5 Å². The molecule has 3 amide bonds. The largest absolute Gasteiger partial charge is 0.465 e. The molecule has 3 N–H and O–H groups in total. The lowest BCUT2D eigenvalue weighted by molar-refractivity contribution is -0.131. The van der Waals surface area contributed by atoms with E-state index in [0.717, 1.165) is 24.0 Å². The van der Waals surface area contributed by atoms with Gasteiger partial charge in [-0.1, -0.05) is 36.4 Å². The van der Waals surface area contributed by atoms with Crippen LogP contribution in [0.2, 0.25) is 0 Å². The molecule has 1 atom stereocenters. The summed E-state index contributed by atoms with van der Waals surface area (Å²) in [4.78, 5) is 38.7. The number of nitrogens with two attached hydrogens (primary N) is 1. The number of amides is 3. The van der Waals surface area contributed by atoms with Gasteiger partial charge >= 0.3 is 12.0 Å². The number of imide groups is 1. The SMILES string of the molecule is COC(=O)c1cccc(CN2C(=O)NC(C)(c3cccc(CCCN)c3)C2=O)c1. The fourth-order valence-corrected chi connectivity index (χ4v) is 3.48. The summed E-state index contributed by atoms with van der Waals surface area (Å²) in [5, 5.41) is 2.82. The number of ether oxygens (including phenoxy) is 1. The van der Waals surface area contributed by atoms with Crippen molar-refractivity contribution in [2.24, 2.45) is 5.73 Å². The van der Waals surface area contributed by atoms with E-state index in [4.69, 9.17) is 10.5 Å². The number of esters is 1. The second-order valence-corrected chi connectivity index (χ2v) is 7.23. The van der Waals surface area contributed by atoms with Crippen LogP contribution in [-0.2, 0) is 28.0 Å². The smallest absolute Gasteiger partial charge is 0.337 e. The van der Waals surface area contributed by atoms with E-state index in [-0.39, 0.29) is 12.5 Å². The van der Waals surface area contributed by atoms with E-state index >= 15 is 0 Å². The maximum Gasteiger partial charge on any atom is 0.337 e. The highest BCUT2D eigenvalue weighted by atomic mass is 16.5. The highest BCUT2D eigenvalue weighted by molar-refractivity contribution is 6.07. The molecule has 29 heavy (non-hydrogen) atoms. The summed E-state index contributed by atoms with van der Waals surface area (Å²) >= 11 is 0. The molecule has 2 aromatic rings. The van der Waals surface area contributed by atoms with Crippen LogP contribution in [0.5, 0.6) is 0 Å². The van der Waals surface area contributed by atoms with Crippen molar-refractivity contribution in [1.82, 2.24) is 10.2 Å². The minimum absolute atomic E-state index is 0.0674. The Balaban J connectivity index is 1.83. The summed E-state index contributed by atoms with van der Waals surface area (Å²) in [6.07, 6.45) is 1.66. The topological polar surface area (TPSA) is 102 Å². The average Bonchev–Trinajstić information content (AvgIpc) is 2.96. The number of urea groups is 1. The van der Waals surface area contributed by atoms with Gasteiger partial charge in [-0.3, -0.25) is 9.69 Å². The van der Waals surface area contributed by atoms with Crippen molar-refractivity contribution in [2.75, 3.05) is 13.7 Å². The van der Waals surface area contributed by atoms with E-state index in [1.54, 1.807) is 31.2 Å². The molecular weight excluding hydrogens is 370 g/mol. The summed E-state index contributed by atoms with van der Waals surface area (Å²) in [6.45, 7) is 2.37. The first kappa shape index (κ1) is 20.5. The zero-order chi connectivity index (χ0) is 21.0. The van der Waals surface area contributed by atoms with Gasteiger partial charge in [-0.2, -0.15) is 0 Å². The normalized spacial score (nSPS) is 18.7. The molecule has 7 heteroatoms. The molecule has 1 aliphatic rings. The molecule has 1 heterocycles. The zero-order valence-electron chi connectivity index (χ0n) is 16.6. The molecule has 152 valence electrons. The first-order valence-electron chi connectivity index (χ1n) is 9.50. The van der Waals surface area contributed by atoms with Gasteiger partial charge in [0.2, 0.25) is 0 Å². The maximum absolute atomic E-state index is 13.2. The molecule has 1 saturated heterocycles. The van der Waals surface area contributed by atoms with Crippen molar-refractivity contribution >= 4 is 17.9 Å². The van der Waals surface area contributed by atoms with Gasteiger partial charge in [0.05, 0.1) is 19.2 Å². The molecule has 7 nitrogen and oxygen atoms in total. The van der Waals surface area contributed by atoms with Crippen molar-refractivity contribution < 1.29 is 19.1 Å². The highest BCUT2D eigenvalue weighted by Crippen LogP contribution is 2.30. The van der Waals surface area contributed by atoms with Gasteiger partial charge in [0, 0.05) is 0 Å². The third kappa shape index (κ3) is 4.14. The van der Waals surface area contributed by atoms with E-state index in [1.807, 2.05) is 24.3 Å². The number of carbonyl (C=O) groups is 3. The van der Waals surface area contributed by atoms with Gasteiger partial charge in [-0.25, -0.2) is 9.59 Å². The average molecular weight is 395 g/mol. The lowest BCUT2D eigenvalue weighted by Gasteiger charge is -2.23. The van der Waals surface area contributed by atoms with E-state index in [1.165, 1.54) is 12.0 Å². The Labute approximate surface area is 169 Å². The van der Waals surface area contributed by atoms with Crippen LogP contribution in [0.3, 0.4) is 0 Å². The fraction of sp³-hybridized carbons (Fsp3) is 0.318. The van der Waals surface area contributed by atoms with Gasteiger partial charge in [0.15, 0.2) is 0 Å². The number of aryl methyl sites for hydroxylation is 1. The quantitative estimate of drug-likeness (QED) is 0.553. The number of nitrogens with zero attached hydrogens (tertiary/aromatic N) is 1. The lowest BCUT2D eigenvalue weighted by Crippen LogP contribution is -2.40. The van der Waals surface area contributed by atoms with Gasteiger partial charge in [-0.15, -0.1) is 0 Å². The molecule has 0 saturated carbocycles. The summed E-state index contributed by atoms with van der Waals surface area (Å²) in [6, 6.07) is 13.9. The number of hydrogen-bond acceptors (Lipinski definition) is 5. The second-order valence-electron chi connectivity index (χ2n) is 7.23. The van der Waals surface area contributed by atoms with Crippen LogP contribution < -0.4 is 11.1 Å². The van der Waals surface area contributed by atoms with E-state index in [9.17, 15) is 14.4 Å². The highest BCUT2D eigenvalue weighted by Gasteiger charge is 2.48. The Hall–Kier alpha value is -3.19. The minimum atomic E-state index is -1.14. The van der Waals surface area contributed by atoms with Crippen LogP contribution >= 0.6 is 0 Å². The van der Waals surface area contributed by atoms with Crippen molar-refractivity contribution in [1.29, 1.82) is 0 Å². The standard InChI is InChI=1S/C22H25N3O4/c1-22(18-10-4-6-15(13-18)8-5-11-23)20(27)25(21(28)24-22)14-16-7-3-9-17(12-16)19(26)29-2/h3-4,6-7,9-10,12-13H,5,8,11,14,23H2,1-2H3,(H,24,28). The van der Waals surface area contributed by atoms with Crippen LogP contribution in [0, 0.1) is 0 Å². The molecule has 1 unspecified atom stereocenters. The molecule has 2 aromatic carbocycles. The Morgan fingerprint density at radius 3 is 2.59 bits per heavy atom. The molecule has 3 rings (SSSR count). The third-order valence-corrected chi connectivity index (χ3v) is 5.14. The molecular formula is C22H25N3O4. The maximum atomic E-state index is 13.2. The summed E-state index contributed by atoms with van der Waals surface area (Å²) < 4.78 is 4.73. The number of nitrogens with one attached hydrogen (secondary N) is 1. The Bertz CT molecular complexity index is 943. The molecule has 0 aromatic heterocycles. The minimum Gasteiger partial charge on any atom is -0.465 e. The van der Waals surface area contributed by atoms with Gasteiger partial charge in [0.25, 0.3) is 5.91 Å². The van der Waals surface area contributed by atoms with Crippen LogP contribution in [0.25, 0.3) is 0 Å². The monoisotopic (exact) mass is 395 g/mol.